The van der Waals surface area contributed by atoms with E-state index in [1.807, 2.05) is 29.2 Å². The van der Waals surface area contributed by atoms with Gasteiger partial charge in [0.05, 0.1) is 48.1 Å². The number of ether oxygens (including phenoxy) is 1. The third-order valence-electron chi connectivity index (χ3n) is 7.51. The Balaban J connectivity index is 1.35. The number of nitro groups is 1. The van der Waals surface area contributed by atoms with Crippen molar-refractivity contribution in [3.05, 3.63) is 63.7 Å². The Morgan fingerprint density at radius 3 is 2.72 bits per heavy atom. The van der Waals surface area contributed by atoms with Gasteiger partial charge in [0.1, 0.15) is 0 Å². The van der Waals surface area contributed by atoms with E-state index in [0.29, 0.717) is 49.6 Å². The van der Waals surface area contributed by atoms with Crippen LogP contribution in [0.3, 0.4) is 0 Å². The second-order valence-electron chi connectivity index (χ2n) is 9.90. The van der Waals surface area contributed by atoms with E-state index in [2.05, 4.69) is 10.2 Å². The number of benzene rings is 2. The summed E-state index contributed by atoms with van der Waals surface area (Å²) in [5.41, 5.74) is 4.24. The van der Waals surface area contributed by atoms with Crippen LogP contribution in [0.15, 0.2) is 47.5 Å². The second kappa shape index (κ2) is 11.3. The van der Waals surface area contributed by atoms with Crippen molar-refractivity contribution in [2.75, 3.05) is 51.8 Å². The van der Waals surface area contributed by atoms with Gasteiger partial charge in [0, 0.05) is 38.8 Å². The zero-order valence-electron chi connectivity index (χ0n) is 21.8. The fourth-order valence-electron chi connectivity index (χ4n) is 5.33. The average molecular weight is 534 g/mol. The minimum atomic E-state index is -0.481. The Morgan fingerprint density at radius 2 is 2.00 bits per heavy atom. The molecule has 3 aliphatic rings. The monoisotopic (exact) mass is 533 g/mol. The summed E-state index contributed by atoms with van der Waals surface area (Å²) >= 11 is 0. The molecule has 1 saturated heterocycles. The third-order valence-corrected chi connectivity index (χ3v) is 7.51. The number of β-amino-alcohol motifs (C(OH)–C–C–N with tert-alkyl or cyclic N) is 1. The van der Waals surface area contributed by atoms with Crippen LogP contribution < -0.4 is 10.1 Å². The summed E-state index contributed by atoms with van der Waals surface area (Å²) in [4.78, 5) is 45.6. The topological polar surface area (TPSA) is 138 Å². The highest BCUT2D eigenvalue weighted by atomic mass is 16.6. The number of aliphatic imine (C=N–C) groups is 1. The Bertz CT molecular complexity index is 1360. The third kappa shape index (κ3) is 5.69. The molecular formula is C28H31N5O6. The molecule has 0 spiro atoms. The van der Waals surface area contributed by atoms with Crippen LogP contribution in [0.25, 0.3) is 5.57 Å². The van der Waals surface area contributed by atoms with E-state index >= 15 is 0 Å². The van der Waals surface area contributed by atoms with E-state index in [1.165, 1.54) is 13.2 Å². The number of rotatable bonds is 7. The van der Waals surface area contributed by atoms with Gasteiger partial charge in [0.15, 0.2) is 5.75 Å². The number of nitrogens with zero attached hydrogens (tertiary/aromatic N) is 4. The number of aliphatic hydroxyl groups excluding tert-OH is 1. The van der Waals surface area contributed by atoms with Crippen LogP contribution in [0.5, 0.6) is 5.75 Å². The molecule has 2 heterocycles. The van der Waals surface area contributed by atoms with Crippen molar-refractivity contribution < 1.29 is 24.4 Å². The molecule has 2 N–H and O–H groups in total. The highest BCUT2D eigenvalue weighted by Crippen LogP contribution is 2.38. The lowest BCUT2D eigenvalue weighted by Gasteiger charge is -2.34. The lowest BCUT2D eigenvalue weighted by Crippen LogP contribution is -2.49. The predicted molar refractivity (Wildman–Crippen MR) is 146 cm³/mol. The van der Waals surface area contributed by atoms with Gasteiger partial charge < -0.3 is 20.1 Å². The SMILES string of the molecule is COc1cc(C2=CC3=Nc4ccc(CC(=O)N5CCN(CCO)CC5)cc4NC(=O)C3CC2)ccc1[N+](=O)[O-]. The number of amides is 2. The molecular weight excluding hydrogens is 502 g/mol. The van der Waals surface area contributed by atoms with Crippen molar-refractivity contribution in [2.24, 2.45) is 10.9 Å². The van der Waals surface area contributed by atoms with Gasteiger partial charge in [-0.3, -0.25) is 29.6 Å². The number of methoxy groups -OCH3 is 1. The van der Waals surface area contributed by atoms with Crippen molar-refractivity contribution >= 4 is 40.2 Å². The first-order valence-corrected chi connectivity index (χ1v) is 13.0. The van der Waals surface area contributed by atoms with Crippen LogP contribution in [0.2, 0.25) is 0 Å². The Morgan fingerprint density at radius 1 is 1.21 bits per heavy atom. The van der Waals surface area contributed by atoms with Crippen LogP contribution in [0.1, 0.15) is 24.0 Å². The summed E-state index contributed by atoms with van der Waals surface area (Å²) in [6, 6.07) is 10.3. The lowest BCUT2D eigenvalue weighted by molar-refractivity contribution is -0.385. The minimum Gasteiger partial charge on any atom is -0.490 e. The van der Waals surface area contributed by atoms with Gasteiger partial charge >= 0.3 is 5.69 Å². The zero-order chi connectivity index (χ0) is 27.5. The van der Waals surface area contributed by atoms with E-state index in [9.17, 15) is 19.7 Å². The number of nitrogens with one attached hydrogen (secondary N) is 1. The van der Waals surface area contributed by atoms with Gasteiger partial charge in [-0.15, -0.1) is 0 Å². The Kier molecular flexibility index (Phi) is 7.71. The maximum absolute atomic E-state index is 13.1. The molecule has 204 valence electrons. The van der Waals surface area contributed by atoms with Crippen LogP contribution >= 0.6 is 0 Å². The number of nitro benzene ring substituents is 1. The van der Waals surface area contributed by atoms with Crippen LogP contribution in [-0.4, -0.2) is 83.8 Å². The first kappa shape index (κ1) is 26.5. The largest absolute Gasteiger partial charge is 0.490 e. The van der Waals surface area contributed by atoms with E-state index in [0.717, 1.165) is 29.8 Å². The number of fused-ring (bicyclic) bond motifs is 2. The summed E-state index contributed by atoms with van der Waals surface area (Å²) in [6.07, 6.45) is 3.28. The van der Waals surface area contributed by atoms with Gasteiger partial charge in [0.2, 0.25) is 11.8 Å². The maximum atomic E-state index is 13.1. The molecule has 0 saturated carbocycles. The number of hydrogen-bond acceptors (Lipinski definition) is 8. The van der Waals surface area contributed by atoms with E-state index in [4.69, 9.17) is 14.8 Å². The quantitative estimate of drug-likeness (QED) is 0.412. The molecule has 1 aliphatic carbocycles. The number of aliphatic hydroxyl groups is 1. The number of carbonyl (C=O) groups is 2. The Labute approximate surface area is 225 Å². The van der Waals surface area contributed by atoms with Crippen molar-refractivity contribution in [2.45, 2.75) is 19.3 Å². The van der Waals surface area contributed by atoms with Crippen LogP contribution in [-0.2, 0) is 16.0 Å². The van der Waals surface area contributed by atoms with Gasteiger partial charge in [-0.2, -0.15) is 0 Å². The summed E-state index contributed by atoms with van der Waals surface area (Å²) < 4.78 is 5.22. The number of piperazine rings is 1. The number of anilines is 1. The molecule has 0 aromatic heterocycles. The summed E-state index contributed by atoms with van der Waals surface area (Å²) in [5, 5.41) is 23.4. The first-order chi connectivity index (χ1) is 18.9. The molecule has 11 nitrogen and oxygen atoms in total. The second-order valence-corrected chi connectivity index (χ2v) is 9.90. The number of carbonyl (C=O) groups excluding carboxylic acids is 2. The summed E-state index contributed by atoms with van der Waals surface area (Å²) in [6.45, 7) is 3.48. The Hall–Kier alpha value is -4.09. The average Bonchev–Trinajstić information content (AvgIpc) is 3.08. The molecule has 2 aromatic rings. The number of allylic oxidation sites excluding steroid dienone is 2. The lowest BCUT2D eigenvalue weighted by atomic mass is 9.84. The van der Waals surface area contributed by atoms with Crippen molar-refractivity contribution in [3.8, 4) is 5.75 Å². The van der Waals surface area contributed by atoms with Crippen molar-refractivity contribution in [1.29, 1.82) is 0 Å². The van der Waals surface area contributed by atoms with Crippen molar-refractivity contribution in [3.63, 3.8) is 0 Å². The fourth-order valence-corrected chi connectivity index (χ4v) is 5.33. The normalized spacial score (nSPS) is 19.2. The molecule has 2 amide bonds. The molecule has 1 fully saturated rings. The van der Waals surface area contributed by atoms with Gasteiger partial charge in [-0.25, -0.2) is 0 Å². The smallest absolute Gasteiger partial charge is 0.310 e. The number of hydrogen-bond donors (Lipinski definition) is 2. The van der Waals surface area contributed by atoms with E-state index < -0.39 is 10.8 Å². The molecule has 11 heteroatoms. The molecule has 39 heavy (non-hydrogen) atoms. The summed E-state index contributed by atoms with van der Waals surface area (Å²) in [7, 11) is 1.40. The fraction of sp³-hybridized carbons (Fsp3) is 0.393. The molecule has 2 aromatic carbocycles. The van der Waals surface area contributed by atoms with Gasteiger partial charge in [-0.1, -0.05) is 6.07 Å². The highest BCUT2D eigenvalue weighted by Gasteiger charge is 2.31. The molecule has 1 unspecified atom stereocenters. The molecule has 2 aliphatic heterocycles. The predicted octanol–water partition coefficient (Wildman–Crippen LogP) is 2.80. The van der Waals surface area contributed by atoms with E-state index in [1.54, 1.807) is 12.1 Å². The van der Waals surface area contributed by atoms with Crippen LogP contribution in [0.4, 0.5) is 17.1 Å². The highest BCUT2D eigenvalue weighted by molar-refractivity contribution is 6.19. The van der Waals surface area contributed by atoms with Gasteiger partial charge in [-0.05, 0) is 59.9 Å². The minimum absolute atomic E-state index is 0.0321. The summed E-state index contributed by atoms with van der Waals surface area (Å²) in [5.74, 6) is -0.348. The maximum Gasteiger partial charge on any atom is 0.310 e. The van der Waals surface area contributed by atoms with Gasteiger partial charge in [0.25, 0.3) is 0 Å². The van der Waals surface area contributed by atoms with Crippen molar-refractivity contribution in [1.82, 2.24) is 9.80 Å². The molecule has 1 atom stereocenters. The molecule has 5 rings (SSSR count). The zero-order valence-corrected chi connectivity index (χ0v) is 21.8. The van der Waals surface area contributed by atoms with Crippen LogP contribution in [0, 0.1) is 16.0 Å². The standard InChI is InChI=1S/C28H31N5O6/c1-39-26-17-20(4-7-25(26)33(37)38)19-3-5-21-23(16-19)29-22-6-2-18(14-24(22)30-28(21)36)15-27(35)32-10-8-31(9-11-32)12-13-34/h2,4,6-7,14,16-17,21,34H,3,5,8-13,15H2,1H3,(H,30,36). The molecule has 0 bridgehead atoms. The van der Waals surface area contributed by atoms with E-state index in [-0.39, 0.29) is 36.3 Å². The first-order valence-electron chi connectivity index (χ1n) is 13.0. The molecule has 0 radical (unpaired) electrons.